The number of hydrogen-bond donors (Lipinski definition) is 0. The molecule has 6 heteroatoms. The fourth-order valence-corrected chi connectivity index (χ4v) is 11.0. The minimum absolute atomic E-state index is 0.619. The number of hydrogen-bond acceptors (Lipinski definition) is 4. The highest BCUT2D eigenvalue weighted by atomic mass is 16.3. The van der Waals surface area contributed by atoms with E-state index in [1.165, 1.54) is 38.1 Å². The fourth-order valence-electron chi connectivity index (χ4n) is 11.0. The molecule has 0 fully saturated rings. The zero-order chi connectivity index (χ0) is 45.9. The minimum Gasteiger partial charge on any atom is -0.456 e. The minimum atomic E-state index is 0.619. The number of furan rings is 2. The molecule has 0 bridgehead atoms. The third-order valence-corrected chi connectivity index (χ3v) is 14.1. The van der Waals surface area contributed by atoms with Gasteiger partial charge in [-0.1, -0.05) is 146 Å². The van der Waals surface area contributed by atoms with E-state index in [1.54, 1.807) is 0 Å². The molecule has 5 aromatic heterocycles. The van der Waals surface area contributed by atoms with Crippen molar-refractivity contribution in [2.45, 2.75) is 0 Å². The predicted octanol–water partition coefficient (Wildman–Crippen LogP) is 17.1. The van der Waals surface area contributed by atoms with Gasteiger partial charge in [0.25, 0.3) is 0 Å². The van der Waals surface area contributed by atoms with Gasteiger partial charge in [0.05, 0.1) is 33.5 Å². The summed E-state index contributed by atoms with van der Waals surface area (Å²) >= 11 is 0. The summed E-state index contributed by atoms with van der Waals surface area (Å²) in [6.07, 6.45) is 0. The van der Waals surface area contributed by atoms with Crippen molar-refractivity contribution < 1.29 is 8.83 Å². The van der Waals surface area contributed by atoms with E-state index in [0.29, 0.717) is 5.82 Å². The van der Waals surface area contributed by atoms with Crippen LogP contribution in [0.15, 0.2) is 239 Å². The molecule has 0 aliphatic heterocycles. The lowest BCUT2D eigenvalue weighted by Crippen LogP contribution is -1.98. The number of benzene rings is 10. The summed E-state index contributed by atoms with van der Waals surface area (Å²) in [5.41, 5.74) is 16.9. The van der Waals surface area contributed by atoms with Crippen LogP contribution in [0.4, 0.5) is 0 Å². The fraction of sp³-hybridized carbons (Fsp3) is 0. The topological polar surface area (TPSA) is 61.9 Å². The highest BCUT2D eigenvalue weighted by Crippen LogP contribution is 2.44. The molecule has 6 nitrogen and oxygen atoms in total. The van der Waals surface area contributed by atoms with Gasteiger partial charge in [-0.3, -0.25) is 0 Å². The third kappa shape index (κ3) is 5.80. The largest absolute Gasteiger partial charge is 0.456 e. The Morgan fingerprint density at radius 2 is 0.843 bits per heavy atom. The van der Waals surface area contributed by atoms with Crippen LogP contribution in [0.3, 0.4) is 0 Å². The van der Waals surface area contributed by atoms with Gasteiger partial charge in [0, 0.05) is 71.2 Å². The smallest absolute Gasteiger partial charge is 0.160 e. The maximum Gasteiger partial charge on any atom is 0.160 e. The summed E-state index contributed by atoms with van der Waals surface area (Å²) < 4.78 is 17.9. The molecule has 0 amide bonds. The van der Waals surface area contributed by atoms with Gasteiger partial charge in [0.15, 0.2) is 5.82 Å². The lowest BCUT2D eigenvalue weighted by atomic mass is 9.98. The van der Waals surface area contributed by atoms with Gasteiger partial charge >= 0.3 is 0 Å². The van der Waals surface area contributed by atoms with Gasteiger partial charge in [-0.25, -0.2) is 9.97 Å². The second-order valence-electron chi connectivity index (χ2n) is 18.1. The molecule has 0 radical (unpaired) electrons. The van der Waals surface area contributed by atoms with Gasteiger partial charge in [-0.15, -0.1) is 0 Å². The van der Waals surface area contributed by atoms with Crippen molar-refractivity contribution in [3.63, 3.8) is 0 Å². The summed E-state index contributed by atoms with van der Waals surface area (Å²) in [7, 11) is 0. The van der Waals surface area contributed by atoms with Crippen LogP contribution in [-0.2, 0) is 0 Å². The number of nitrogens with zero attached hydrogens (tertiary/aromatic N) is 4. The van der Waals surface area contributed by atoms with Crippen LogP contribution in [0.25, 0.3) is 144 Å². The average molecular weight is 895 g/mol. The zero-order valence-corrected chi connectivity index (χ0v) is 37.5. The zero-order valence-electron chi connectivity index (χ0n) is 37.5. The third-order valence-electron chi connectivity index (χ3n) is 14.1. The van der Waals surface area contributed by atoms with E-state index in [1.807, 2.05) is 42.5 Å². The van der Waals surface area contributed by atoms with Gasteiger partial charge in [0.1, 0.15) is 22.3 Å². The van der Waals surface area contributed by atoms with E-state index in [9.17, 15) is 0 Å². The van der Waals surface area contributed by atoms with Crippen LogP contribution in [0.2, 0.25) is 0 Å². The van der Waals surface area contributed by atoms with E-state index in [4.69, 9.17) is 18.8 Å². The Kier molecular flexibility index (Phi) is 8.26. The number of rotatable bonds is 6. The monoisotopic (exact) mass is 894 g/mol. The Morgan fingerprint density at radius 3 is 1.61 bits per heavy atom. The highest BCUT2D eigenvalue weighted by Gasteiger charge is 2.23. The molecule has 5 heterocycles. The molecule has 0 atom stereocenters. The first-order valence-electron chi connectivity index (χ1n) is 23.6. The predicted molar refractivity (Wildman–Crippen MR) is 287 cm³/mol. The lowest BCUT2D eigenvalue weighted by molar-refractivity contribution is 0.668. The molecule has 15 rings (SSSR count). The van der Waals surface area contributed by atoms with Crippen molar-refractivity contribution in [2.75, 3.05) is 0 Å². The molecule has 10 aromatic carbocycles. The summed E-state index contributed by atoms with van der Waals surface area (Å²) in [5.74, 6) is 0.619. The molecular formula is C64H38N4O2. The average Bonchev–Trinajstić information content (AvgIpc) is 4.19. The van der Waals surface area contributed by atoms with Crippen molar-refractivity contribution >= 4 is 87.5 Å². The molecule has 0 aliphatic rings. The normalized spacial score (nSPS) is 12.0. The Hall–Kier alpha value is -9.52. The van der Waals surface area contributed by atoms with Crippen molar-refractivity contribution in [2.24, 2.45) is 0 Å². The Labute approximate surface area is 400 Å². The summed E-state index contributed by atoms with van der Waals surface area (Å²) in [6, 6.07) is 81.4. The number of aromatic nitrogens is 4. The van der Waals surface area contributed by atoms with Crippen LogP contribution in [0, 0.1) is 0 Å². The standard InChI is InChI=1S/C64H38N4O2/c1-4-15-39(16-5-1)53-38-54(66-64(65-53)42-27-30-47-46-22-11-13-25-57(46)70-60(47)37-42)50-23-14-26-59-61(50)52-36-41(29-34-58(52)69-59)40-28-33-56-51(35-40)49-32-31-48-45-21-10-12-24-55(45)67(43-17-6-2-7-18-43)62(48)63(49)68(56)44-19-8-3-9-20-44/h1-38H. The summed E-state index contributed by atoms with van der Waals surface area (Å²) in [5, 5.41) is 9.01. The molecular weight excluding hydrogens is 857 g/mol. The second-order valence-corrected chi connectivity index (χ2v) is 18.1. The Bertz CT molecular complexity index is 4580. The first-order valence-corrected chi connectivity index (χ1v) is 23.6. The van der Waals surface area contributed by atoms with Gasteiger partial charge in [0.2, 0.25) is 0 Å². The molecule has 0 unspecified atom stereocenters. The second kappa shape index (κ2) is 15.0. The van der Waals surface area contributed by atoms with E-state index >= 15 is 0 Å². The van der Waals surface area contributed by atoms with E-state index < -0.39 is 0 Å². The van der Waals surface area contributed by atoms with Crippen molar-refractivity contribution in [3.8, 4) is 56.4 Å². The van der Waals surface area contributed by atoms with Crippen molar-refractivity contribution in [1.29, 1.82) is 0 Å². The van der Waals surface area contributed by atoms with E-state index in [-0.39, 0.29) is 0 Å². The van der Waals surface area contributed by atoms with Crippen LogP contribution in [-0.4, -0.2) is 19.1 Å². The van der Waals surface area contributed by atoms with Crippen LogP contribution in [0.5, 0.6) is 0 Å². The molecule has 0 spiro atoms. The van der Waals surface area contributed by atoms with Crippen LogP contribution < -0.4 is 0 Å². The van der Waals surface area contributed by atoms with Crippen LogP contribution >= 0.6 is 0 Å². The molecule has 326 valence electrons. The number of para-hydroxylation sites is 4. The Morgan fingerprint density at radius 1 is 0.300 bits per heavy atom. The summed E-state index contributed by atoms with van der Waals surface area (Å²) in [4.78, 5) is 10.5. The van der Waals surface area contributed by atoms with E-state index in [0.717, 1.165) is 100.0 Å². The molecule has 0 N–H and O–H groups in total. The van der Waals surface area contributed by atoms with Crippen LogP contribution in [0.1, 0.15) is 0 Å². The van der Waals surface area contributed by atoms with E-state index in [2.05, 4.69) is 197 Å². The molecule has 15 aromatic rings. The van der Waals surface area contributed by atoms with Gasteiger partial charge in [-0.2, -0.15) is 0 Å². The quantitative estimate of drug-likeness (QED) is 0.167. The van der Waals surface area contributed by atoms with Crippen molar-refractivity contribution in [3.05, 3.63) is 231 Å². The van der Waals surface area contributed by atoms with Gasteiger partial charge in [-0.05, 0) is 96.1 Å². The molecule has 70 heavy (non-hydrogen) atoms. The molecule has 0 saturated carbocycles. The lowest BCUT2D eigenvalue weighted by Gasteiger charge is -2.12. The maximum atomic E-state index is 6.64. The summed E-state index contributed by atoms with van der Waals surface area (Å²) in [6.45, 7) is 0. The maximum absolute atomic E-state index is 6.64. The first kappa shape index (κ1) is 38.6. The molecule has 0 aliphatic carbocycles. The van der Waals surface area contributed by atoms with Gasteiger partial charge < -0.3 is 18.0 Å². The Balaban J connectivity index is 0.928. The SMILES string of the molecule is c1ccc(-c2cc(-c3cccc4oc5ccc(-c6ccc7c(c6)c6ccc8c9ccccc9n(-c9ccccc9)c8c6n7-c6ccccc6)cc5c34)nc(-c3ccc4c(c3)oc3ccccc34)n2)cc1. The first-order chi connectivity index (χ1) is 34.7. The van der Waals surface area contributed by atoms with Crippen molar-refractivity contribution in [1.82, 2.24) is 19.1 Å². The molecule has 0 saturated heterocycles. The number of fused-ring (bicyclic) bond motifs is 13. The highest BCUT2D eigenvalue weighted by molar-refractivity contribution is 6.24.